The highest BCUT2D eigenvalue weighted by atomic mass is 32.1. The predicted octanol–water partition coefficient (Wildman–Crippen LogP) is 4.27. The predicted molar refractivity (Wildman–Crippen MR) is 107 cm³/mol. The fourth-order valence-corrected chi connectivity index (χ4v) is 3.72. The molecular weight excluding hydrogens is 342 g/mol. The Kier molecular flexibility index (Phi) is 5.34. The second kappa shape index (κ2) is 7.84. The fraction of sp³-hybridized carbons (Fsp3) is 0.143. The summed E-state index contributed by atoms with van der Waals surface area (Å²) < 4.78 is 1.13. The van der Waals surface area contributed by atoms with Crippen molar-refractivity contribution in [3.05, 3.63) is 64.5 Å². The summed E-state index contributed by atoms with van der Waals surface area (Å²) in [5.41, 5.74) is 3.00. The van der Waals surface area contributed by atoms with Crippen LogP contribution in [0.4, 0.5) is 5.69 Å². The zero-order valence-corrected chi connectivity index (χ0v) is 15.1. The van der Waals surface area contributed by atoms with Gasteiger partial charge in [0.25, 0.3) is 0 Å². The highest BCUT2D eigenvalue weighted by Crippen LogP contribution is 2.31. The Bertz CT molecular complexity index is 1040. The van der Waals surface area contributed by atoms with Gasteiger partial charge in [0.15, 0.2) is 0 Å². The molecule has 0 radical (unpaired) electrons. The van der Waals surface area contributed by atoms with Gasteiger partial charge in [-0.1, -0.05) is 18.2 Å². The smallest absolute Gasteiger partial charge is 0.0998 e. The number of rotatable bonds is 5. The number of hydrogen-bond donors (Lipinski definition) is 1. The van der Waals surface area contributed by atoms with Crippen molar-refractivity contribution in [1.82, 2.24) is 0 Å². The topological polar surface area (TPSA) is 71.0 Å². The van der Waals surface area contributed by atoms with E-state index >= 15 is 0 Å². The number of benzene rings is 2. The molecule has 0 aliphatic carbocycles. The van der Waals surface area contributed by atoms with Crippen LogP contribution in [0.15, 0.2) is 48.5 Å². The van der Waals surface area contributed by atoms with Crippen molar-refractivity contribution < 1.29 is 5.11 Å². The Morgan fingerprint density at radius 3 is 2.58 bits per heavy atom. The quantitative estimate of drug-likeness (QED) is 0.691. The lowest BCUT2D eigenvalue weighted by molar-refractivity contribution is 0.304. The van der Waals surface area contributed by atoms with E-state index in [-0.39, 0.29) is 6.61 Å². The van der Waals surface area contributed by atoms with E-state index in [1.165, 1.54) is 0 Å². The van der Waals surface area contributed by atoms with Crippen molar-refractivity contribution in [2.24, 2.45) is 0 Å². The number of aliphatic hydroxyl groups excluding tert-OH is 1. The highest BCUT2D eigenvalue weighted by Gasteiger charge is 2.07. The van der Waals surface area contributed by atoms with Crippen LogP contribution in [-0.4, -0.2) is 25.3 Å². The van der Waals surface area contributed by atoms with Gasteiger partial charge in [-0.3, -0.25) is 0 Å². The minimum absolute atomic E-state index is 0.114. The molecule has 0 unspecified atom stereocenters. The molecular formula is C21H17N3OS. The lowest BCUT2D eigenvalue weighted by atomic mass is 10.0. The van der Waals surface area contributed by atoms with Crippen molar-refractivity contribution in [2.45, 2.75) is 0 Å². The van der Waals surface area contributed by atoms with Gasteiger partial charge in [-0.2, -0.15) is 10.5 Å². The normalized spacial score (nSPS) is 11.2. The molecule has 0 saturated heterocycles. The van der Waals surface area contributed by atoms with E-state index < -0.39 is 0 Å². The van der Waals surface area contributed by atoms with Gasteiger partial charge in [0.2, 0.25) is 0 Å². The van der Waals surface area contributed by atoms with Gasteiger partial charge in [-0.15, -0.1) is 11.3 Å². The maximum absolute atomic E-state index is 9.51. The van der Waals surface area contributed by atoms with Gasteiger partial charge in [0.1, 0.15) is 0 Å². The molecule has 3 rings (SSSR count). The van der Waals surface area contributed by atoms with Crippen LogP contribution in [0.1, 0.15) is 16.0 Å². The summed E-state index contributed by atoms with van der Waals surface area (Å²) in [4.78, 5) is 3.01. The molecule has 4 nitrogen and oxygen atoms in total. The second-order valence-corrected chi connectivity index (χ2v) is 6.99. The molecule has 128 valence electrons. The fourth-order valence-electron chi connectivity index (χ4n) is 2.67. The monoisotopic (exact) mass is 359 g/mol. The molecule has 0 saturated carbocycles. The van der Waals surface area contributed by atoms with E-state index in [0.717, 1.165) is 26.2 Å². The van der Waals surface area contributed by atoms with Crippen LogP contribution < -0.4 is 4.90 Å². The molecule has 1 N–H and O–H groups in total. The highest BCUT2D eigenvalue weighted by molar-refractivity contribution is 7.19. The first-order valence-corrected chi connectivity index (χ1v) is 8.94. The first kappa shape index (κ1) is 17.7. The number of nitrogens with zero attached hydrogens (tertiary/aromatic N) is 3. The summed E-state index contributed by atoms with van der Waals surface area (Å²) >= 11 is 1.62. The Morgan fingerprint density at radius 2 is 1.92 bits per heavy atom. The van der Waals surface area contributed by atoms with Crippen LogP contribution in [0, 0.1) is 22.7 Å². The van der Waals surface area contributed by atoms with Gasteiger partial charge in [-0.05, 0) is 47.4 Å². The Balaban J connectivity index is 1.94. The summed E-state index contributed by atoms with van der Waals surface area (Å²) in [5, 5.41) is 28.6. The number of aliphatic hydroxyl groups is 1. The Hall–Kier alpha value is -3.12. The van der Waals surface area contributed by atoms with Crippen LogP contribution in [-0.2, 0) is 0 Å². The maximum Gasteiger partial charge on any atom is 0.0998 e. The van der Waals surface area contributed by atoms with Gasteiger partial charge in [-0.25, -0.2) is 0 Å². The van der Waals surface area contributed by atoms with E-state index in [1.807, 2.05) is 24.1 Å². The first-order valence-electron chi connectivity index (χ1n) is 8.12. The lowest BCUT2D eigenvalue weighted by Crippen LogP contribution is -2.20. The van der Waals surface area contributed by atoms with Gasteiger partial charge >= 0.3 is 0 Å². The number of allylic oxidation sites excluding steroid dienone is 1. The van der Waals surface area contributed by atoms with Crippen LogP contribution in [0.5, 0.6) is 0 Å². The molecule has 0 aliphatic heterocycles. The number of anilines is 1. The largest absolute Gasteiger partial charge is 0.395 e. The van der Waals surface area contributed by atoms with Crippen molar-refractivity contribution in [3.63, 3.8) is 0 Å². The number of thiophene rings is 1. The molecule has 0 bridgehead atoms. The summed E-state index contributed by atoms with van der Waals surface area (Å²) in [6.45, 7) is 0.698. The van der Waals surface area contributed by atoms with E-state index in [9.17, 15) is 5.26 Å². The van der Waals surface area contributed by atoms with Gasteiger partial charge < -0.3 is 10.0 Å². The van der Waals surface area contributed by atoms with E-state index in [2.05, 4.69) is 30.3 Å². The van der Waals surface area contributed by atoms with Gasteiger partial charge in [0, 0.05) is 28.9 Å². The third kappa shape index (κ3) is 3.75. The van der Waals surface area contributed by atoms with Gasteiger partial charge in [0.05, 0.1) is 29.9 Å². The molecule has 1 aromatic heterocycles. The van der Waals surface area contributed by atoms with Crippen LogP contribution in [0.3, 0.4) is 0 Å². The third-order valence-corrected chi connectivity index (χ3v) is 5.18. The average molecular weight is 359 g/mol. The molecule has 2 aromatic carbocycles. The molecule has 0 fully saturated rings. The van der Waals surface area contributed by atoms with Crippen LogP contribution in [0.2, 0.25) is 0 Å². The van der Waals surface area contributed by atoms with E-state index in [1.54, 1.807) is 35.6 Å². The average Bonchev–Trinajstić information content (AvgIpc) is 3.08. The third-order valence-electron chi connectivity index (χ3n) is 4.13. The van der Waals surface area contributed by atoms with Crippen molar-refractivity contribution in [1.29, 1.82) is 10.5 Å². The minimum atomic E-state index is 0.114. The summed E-state index contributed by atoms with van der Waals surface area (Å²) in [5.74, 6) is 0. The summed E-state index contributed by atoms with van der Waals surface area (Å²) in [6.07, 6.45) is 1.88. The number of nitriles is 2. The minimum Gasteiger partial charge on any atom is -0.395 e. The maximum atomic E-state index is 9.51. The summed E-state index contributed by atoms with van der Waals surface area (Å²) in [7, 11) is 1.95. The van der Waals surface area contributed by atoms with E-state index in [4.69, 9.17) is 10.4 Å². The van der Waals surface area contributed by atoms with Crippen molar-refractivity contribution in [2.75, 3.05) is 25.1 Å². The standard InChI is InChI=1S/C21H17N3OS/c1-24(8-9-25)19-7-6-17-10-20(26-21(17)12-19)11-18(14-23)16-4-2-15(13-22)3-5-16/h2-7,10-12,25H,8-9H2,1H3/b18-11-. The first-order chi connectivity index (χ1) is 12.6. The Labute approximate surface area is 156 Å². The van der Waals surface area contributed by atoms with Crippen molar-refractivity contribution >= 4 is 38.8 Å². The molecule has 5 heteroatoms. The van der Waals surface area contributed by atoms with Crippen LogP contribution >= 0.6 is 11.3 Å². The lowest BCUT2D eigenvalue weighted by Gasteiger charge is -2.17. The number of likely N-dealkylation sites (N-methyl/N-ethyl adjacent to an activating group) is 1. The zero-order chi connectivity index (χ0) is 18.5. The molecule has 1 heterocycles. The SMILES string of the molecule is CN(CCO)c1ccc2cc(/C=C(/C#N)c3ccc(C#N)cc3)sc2c1. The summed E-state index contributed by atoms with van der Waals surface area (Å²) in [6, 6.07) is 19.6. The second-order valence-electron chi connectivity index (χ2n) is 5.88. The number of hydrogen-bond acceptors (Lipinski definition) is 5. The molecule has 26 heavy (non-hydrogen) atoms. The van der Waals surface area contributed by atoms with Crippen LogP contribution in [0.25, 0.3) is 21.7 Å². The molecule has 0 aliphatic rings. The molecule has 0 spiro atoms. The molecule has 0 atom stereocenters. The number of fused-ring (bicyclic) bond motifs is 1. The van der Waals surface area contributed by atoms with Crippen molar-refractivity contribution in [3.8, 4) is 12.1 Å². The van der Waals surface area contributed by atoms with E-state index in [0.29, 0.717) is 17.7 Å². The molecule has 3 aromatic rings. The molecule has 0 amide bonds. The zero-order valence-electron chi connectivity index (χ0n) is 14.3. The Morgan fingerprint density at radius 1 is 1.15 bits per heavy atom.